The number of aryl methyl sites for hydroxylation is 3. The Kier molecular flexibility index (Phi) is 5.66. The van der Waals surface area contributed by atoms with Crippen LogP contribution in [0.3, 0.4) is 0 Å². The number of piperidine rings is 1. The predicted octanol–water partition coefficient (Wildman–Crippen LogP) is 2.66. The first-order valence-corrected chi connectivity index (χ1v) is 11.6. The van der Waals surface area contributed by atoms with Crippen molar-refractivity contribution in [2.75, 3.05) is 18.4 Å². The van der Waals surface area contributed by atoms with E-state index < -0.39 is 5.69 Å². The number of carbonyl (C=O) groups is 1. The van der Waals surface area contributed by atoms with Crippen molar-refractivity contribution in [2.24, 2.45) is 13.0 Å². The number of aromatic amines is 1. The molecule has 2 N–H and O–H groups in total. The van der Waals surface area contributed by atoms with Crippen molar-refractivity contribution in [3.63, 3.8) is 0 Å². The minimum Gasteiger partial charge on any atom is -0.347 e. The minimum absolute atomic E-state index is 0.0117. The fourth-order valence-electron chi connectivity index (χ4n) is 5.07. The van der Waals surface area contributed by atoms with Crippen molar-refractivity contribution in [3.05, 3.63) is 80.3 Å². The Morgan fingerprint density at radius 1 is 1.12 bits per heavy atom. The van der Waals surface area contributed by atoms with Gasteiger partial charge in [-0.15, -0.1) is 0 Å². The summed E-state index contributed by atoms with van der Waals surface area (Å²) in [5.74, 6) is 0.433. The van der Waals surface area contributed by atoms with Crippen molar-refractivity contribution in [1.82, 2.24) is 19.0 Å². The van der Waals surface area contributed by atoms with Crippen LogP contribution in [0.2, 0.25) is 0 Å². The molecule has 3 heterocycles. The maximum Gasteiger partial charge on any atom is 0.329 e. The van der Waals surface area contributed by atoms with E-state index in [2.05, 4.69) is 22.4 Å². The van der Waals surface area contributed by atoms with Gasteiger partial charge in [0.2, 0.25) is 0 Å². The molecular weight excluding hydrogens is 418 g/mol. The molecule has 0 radical (unpaired) electrons. The van der Waals surface area contributed by atoms with Gasteiger partial charge in [-0.3, -0.25) is 19.1 Å². The van der Waals surface area contributed by atoms with E-state index in [0.717, 1.165) is 31.4 Å². The number of likely N-dealkylation sites (tertiary alicyclic amines) is 1. The van der Waals surface area contributed by atoms with Crippen LogP contribution in [0, 0.1) is 5.92 Å². The van der Waals surface area contributed by atoms with Gasteiger partial charge < -0.3 is 14.8 Å². The lowest BCUT2D eigenvalue weighted by Crippen LogP contribution is -2.44. The maximum absolute atomic E-state index is 12.9. The average molecular weight is 448 g/mol. The lowest BCUT2D eigenvalue weighted by atomic mass is 9.97. The highest BCUT2D eigenvalue weighted by Crippen LogP contribution is 2.26. The van der Waals surface area contributed by atoms with E-state index in [4.69, 9.17) is 0 Å². The third-order valence-corrected chi connectivity index (χ3v) is 6.81. The number of rotatable bonds is 5. The van der Waals surface area contributed by atoms with Crippen LogP contribution in [-0.4, -0.2) is 38.0 Å². The number of nitrogens with one attached hydrogen (secondary N) is 2. The third kappa shape index (κ3) is 4.37. The fraction of sp³-hybridized carbons (Fsp3) is 0.400. The molecule has 1 aromatic carbocycles. The second-order valence-corrected chi connectivity index (χ2v) is 9.16. The van der Waals surface area contributed by atoms with Crippen molar-refractivity contribution < 1.29 is 4.79 Å². The highest BCUT2D eigenvalue weighted by molar-refractivity contribution is 5.92. The van der Waals surface area contributed by atoms with Crippen LogP contribution in [0.25, 0.3) is 0 Å². The highest BCUT2D eigenvalue weighted by atomic mass is 16.2. The van der Waals surface area contributed by atoms with Crippen LogP contribution >= 0.6 is 0 Å². The van der Waals surface area contributed by atoms with E-state index in [9.17, 15) is 14.4 Å². The summed E-state index contributed by atoms with van der Waals surface area (Å²) < 4.78 is 3.06. The number of amides is 1. The third-order valence-electron chi connectivity index (χ3n) is 6.81. The molecule has 1 amide bonds. The van der Waals surface area contributed by atoms with Crippen LogP contribution in [-0.2, 0) is 26.4 Å². The zero-order chi connectivity index (χ0) is 22.9. The van der Waals surface area contributed by atoms with E-state index >= 15 is 0 Å². The zero-order valence-corrected chi connectivity index (χ0v) is 18.8. The van der Waals surface area contributed by atoms with Gasteiger partial charge in [0.25, 0.3) is 11.5 Å². The van der Waals surface area contributed by atoms with Gasteiger partial charge in [-0.25, -0.2) is 4.79 Å². The SMILES string of the molecule is Cn1cccc1C(=O)N1CCCC(Cn2c(=O)cc(Nc3ccc4c(c3)CCC4)[nH]c2=O)C1. The Balaban J connectivity index is 1.29. The topological polar surface area (TPSA) is 92.1 Å². The molecule has 1 saturated heterocycles. The summed E-state index contributed by atoms with van der Waals surface area (Å²) in [6.07, 6.45) is 6.92. The molecular formula is C25H29N5O3. The summed E-state index contributed by atoms with van der Waals surface area (Å²) in [5.41, 5.74) is 3.43. The van der Waals surface area contributed by atoms with Gasteiger partial charge >= 0.3 is 5.69 Å². The molecule has 1 unspecified atom stereocenters. The summed E-state index contributed by atoms with van der Waals surface area (Å²) in [7, 11) is 1.85. The smallest absolute Gasteiger partial charge is 0.329 e. The normalized spacial score (nSPS) is 17.7. The van der Waals surface area contributed by atoms with Crippen LogP contribution in [0.5, 0.6) is 0 Å². The van der Waals surface area contributed by atoms with Crippen LogP contribution in [0.15, 0.2) is 52.2 Å². The minimum atomic E-state index is -0.433. The van der Waals surface area contributed by atoms with Crippen molar-refractivity contribution >= 4 is 17.4 Å². The number of hydrogen-bond acceptors (Lipinski definition) is 4. The monoisotopic (exact) mass is 447 g/mol. The summed E-state index contributed by atoms with van der Waals surface area (Å²) in [4.78, 5) is 43.0. The van der Waals surface area contributed by atoms with Crippen LogP contribution < -0.4 is 16.6 Å². The summed E-state index contributed by atoms with van der Waals surface area (Å²) in [5, 5.41) is 3.16. The van der Waals surface area contributed by atoms with E-state index in [-0.39, 0.29) is 17.4 Å². The largest absolute Gasteiger partial charge is 0.347 e. The Labute approximate surface area is 191 Å². The highest BCUT2D eigenvalue weighted by Gasteiger charge is 2.26. The van der Waals surface area contributed by atoms with E-state index in [1.54, 1.807) is 0 Å². The van der Waals surface area contributed by atoms with Crippen LogP contribution in [0.4, 0.5) is 11.5 Å². The fourth-order valence-corrected chi connectivity index (χ4v) is 5.07. The molecule has 2 aliphatic rings. The van der Waals surface area contributed by atoms with E-state index in [1.807, 2.05) is 40.9 Å². The lowest BCUT2D eigenvalue weighted by molar-refractivity contribution is 0.0651. The first-order valence-electron chi connectivity index (χ1n) is 11.6. The molecule has 8 heteroatoms. The van der Waals surface area contributed by atoms with Crippen molar-refractivity contribution in [3.8, 4) is 0 Å². The quantitative estimate of drug-likeness (QED) is 0.629. The Morgan fingerprint density at radius 2 is 1.97 bits per heavy atom. The molecule has 0 bridgehead atoms. The Hall–Kier alpha value is -3.55. The molecule has 3 aromatic rings. The number of aromatic nitrogens is 3. The van der Waals surface area contributed by atoms with Gasteiger partial charge in [-0.05, 0) is 73.4 Å². The van der Waals surface area contributed by atoms with E-state index in [0.29, 0.717) is 31.1 Å². The first kappa shape index (κ1) is 21.3. The van der Waals surface area contributed by atoms with Crippen molar-refractivity contribution in [2.45, 2.75) is 38.6 Å². The van der Waals surface area contributed by atoms with Gasteiger partial charge in [0.15, 0.2) is 0 Å². The molecule has 0 spiro atoms. The second kappa shape index (κ2) is 8.77. The molecule has 33 heavy (non-hydrogen) atoms. The number of H-pyrrole nitrogens is 1. The molecule has 0 saturated carbocycles. The second-order valence-electron chi connectivity index (χ2n) is 9.16. The van der Waals surface area contributed by atoms with Gasteiger partial charge in [-0.2, -0.15) is 0 Å². The summed E-state index contributed by atoms with van der Waals surface area (Å²) in [6, 6.07) is 11.3. The molecule has 2 aromatic heterocycles. The number of nitrogens with zero attached hydrogens (tertiary/aromatic N) is 3. The maximum atomic E-state index is 12.9. The predicted molar refractivity (Wildman–Crippen MR) is 127 cm³/mol. The van der Waals surface area contributed by atoms with Gasteiger partial charge in [-0.1, -0.05) is 6.07 Å². The lowest BCUT2D eigenvalue weighted by Gasteiger charge is -2.33. The van der Waals surface area contributed by atoms with E-state index in [1.165, 1.54) is 28.2 Å². The molecule has 1 aliphatic heterocycles. The molecule has 1 atom stereocenters. The zero-order valence-electron chi connectivity index (χ0n) is 18.8. The Morgan fingerprint density at radius 3 is 2.76 bits per heavy atom. The van der Waals surface area contributed by atoms with Gasteiger partial charge in [0.1, 0.15) is 11.5 Å². The molecule has 8 nitrogen and oxygen atoms in total. The number of fused-ring (bicyclic) bond motifs is 1. The number of anilines is 2. The first-order chi connectivity index (χ1) is 16.0. The summed E-state index contributed by atoms with van der Waals surface area (Å²) >= 11 is 0. The number of carbonyl (C=O) groups excluding carboxylic acids is 1. The molecule has 172 valence electrons. The van der Waals surface area contributed by atoms with Gasteiger partial charge in [0, 0.05) is 44.6 Å². The molecule has 1 fully saturated rings. The molecule has 1 aliphatic carbocycles. The molecule has 5 rings (SSSR count). The van der Waals surface area contributed by atoms with Gasteiger partial charge in [0.05, 0.1) is 0 Å². The summed E-state index contributed by atoms with van der Waals surface area (Å²) in [6.45, 7) is 1.52. The van der Waals surface area contributed by atoms with Crippen LogP contribution in [0.1, 0.15) is 40.9 Å². The Bertz CT molecular complexity index is 1270. The number of hydrogen-bond donors (Lipinski definition) is 2. The standard InChI is InChI=1S/C25H29N5O3/c1-28-11-4-8-21(28)24(32)29-12-3-5-17(15-29)16-30-23(31)14-22(27-25(30)33)26-20-10-9-18-6-2-7-19(18)13-20/h4,8-11,13-14,17,26H,2-3,5-7,12,15-16H2,1H3,(H,27,33). The average Bonchev–Trinajstić information content (AvgIpc) is 3.44. The van der Waals surface area contributed by atoms with Crippen molar-refractivity contribution in [1.29, 1.82) is 0 Å². The number of benzene rings is 1.